The van der Waals surface area contributed by atoms with E-state index in [1.165, 1.54) is 55.4 Å². The molecule has 0 spiro atoms. The fourth-order valence-electron chi connectivity index (χ4n) is 5.06. The first-order chi connectivity index (χ1) is 15.5. The topological polar surface area (TPSA) is 0 Å². The molecule has 4 rings (SSSR count). The predicted molar refractivity (Wildman–Crippen MR) is 130 cm³/mol. The van der Waals surface area contributed by atoms with E-state index in [-0.39, 0.29) is 5.56 Å². The van der Waals surface area contributed by atoms with Gasteiger partial charge in [-0.3, -0.25) is 0 Å². The number of benzene rings is 3. The van der Waals surface area contributed by atoms with Crippen LogP contribution in [0.15, 0.2) is 60.7 Å². The van der Waals surface area contributed by atoms with Gasteiger partial charge < -0.3 is 0 Å². The summed E-state index contributed by atoms with van der Waals surface area (Å²) in [6.07, 6.45) is 8.82. The van der Waals surface area contributed by atoms with Gasteiger partial charge in [0, 0.05) is 5.02 Å². The molecule has 0 amide bonds. The summed E-state index contributed by atoms with van der Waals surface area (Å²) in [5.74, 6) is 0.276. The summed E-state index contributed by atoms with van der Waals surface area (Å²) in [7, 11) is 0. The van der Waals surface area contributed by atoms with Gasteiger partial charge in [0.2, 0.25) is 0 Å². The lowest BCUT2D eigenvalue weighted by molar-refractivity contribution is 0.310. The van der Waals surface area contributed by atoms with Crippen LogP contribution in [-0.4, -0.2) is 0 Å². The molecule has 32 heavy (non-hydrogen) atoms. The van der Waals surface area contributed by atoms with Crippen LogP contribution >= 0.6 is 11.6 Å². The molecule has 1 saturated carbocycles. The zero-order chi connectivity index (χ0) is 22.5. The molecule has 0 aromatic heterocycles. The molecule has 3 heteroatoms. The maximum Gasteiger partial charge on any atom is 0.134 e. The van der Waals surface area contributed by atoms with Gasteiger partial charge in [-0.15, -0.1) is 0 Å². The fraction of sp³-hybridized carbons (Fsp3) is 0.379. The van der Waals surface area contributed by atoms with Crippen LogP contribution in [0.3, 0.4) is 0 Å². The van der Waals surface area contributed by atoms with Gasteiger partial charge in [0.05, 0.1) is 5.56 Å². The van der Waals surface area contributed by atoms with Crippen molar-refractivity contribution in [3.8, 4) is 11.1 Å². The molecule has 1 aliphatic carbocycles. The predicted octanol–water partition coefficient (Wildman–Crippen LogP) is 9.14. The van der Waals surface area contributed by atoms with Gasteiger partial charge in [0.25, 0.3) is 0 Å². The average Bonchev–Trinajstić information content (AvgIpc) is 2.80. The summed E-state index contributed by atoms with van der Waals surface area (Å²) in [5, 5.41) is 0.550. The van der Waals surface area contributed by atoms with Crippen molar-refractivity contribution in [2.45, 2.75) is 64.2 Å². The van der Waals surface area contributed by atoms with Crippen molar-refractivity contribution in [2.75, 3.05) is 0 Å². The second kappa shape index (κ2) is 10.6. The van der Waals surface area contributed by atoms with E-state index in [9.17, 15) is 8.78 Å². The van der Waals surface area contributed by atoms with E-state index in [0.717, 1.165) is 24.8 Å². The summed E-state index contributed by atoms with van der Waals surface area (Å²) >= 11 is 5.89. The Morgan fingerprint density at radius 3 is 2.00 bits per heavy atom. The molecular weight excluding hydrogens is 422 g/mol. The molecule has 0 nitrogen and oxygen atoms in total. The average molecular weight is 453 g/mol. The first-order valence-corrected chi connectivity index (χ1v) is 12.2. The Balaban J connectivity index is 1.32. The highest BCUT2D eigenvalue weighted by Crippen LogP contribution is 2.38. The monoisotopic (exact) mass is 452 g/mol. The second-order valence-electron chi connectivity index (χ2n) is 9.19. The largest absolute Gasteiger partial charge is 0.206 e. The molecule has 1 fully saturated rings. The van der Waals surface area contributed by atoms with Crippen LogP contribution in [-0.2, 0) is 12.8 Å². The highest BCUT2D eigenvalue weighted by Gasteiger charge is 2.22. The van der Waals surface area contributed by atoms with Crippen LogP contribution < -0.4 is 0 Å². The minimum absolute atomic E-state index is 0.0240. The van der Waals surface area contributed by atoms with Gasteiger partial charge in [0.1, 0.15) is 11.6 Å². The van der Waals surface area contributed by atoms with Crippen LogP contribution in [0.2, 0.25) is 5.02 Å². The van der Waals surface area contributed by atoms with Gasteiger partial charge in [-0.25, -0.2) is 8.78 Å². The van der Waals surface area contributed by atoms with E-state index in [2.05, 4.69) is 31.2 Å². The van der Waals surface area contributed by atoms with Gasteiger partial charge in [0.15, 0.2) is 0 Å². The molecule has 1 aliphatic rings. The lowest BCUT2D eigenvalue weighted by Gasteiger charge is -2.29. The Morgan fingerprint density at radius 1 is 0.781 bits per heavy atom. The third kappa shape index (κ3) is 5.59. The molecule has 3 aromatic rings. The first kappa shape index (κ1) is 23.0. The minimum atomic E-state index is -0.502. The number of hydrogen-bond donors (Lipinski definition) is 0. The quantitative estimate of drug-likeness (QED) is 0.335. The van der Waals surface area contributed by atoms with Crippen molar-refractivity contribution in [2.24, 2.45) is 5.92 Å². The van der Waals surface area contributed by atoms with Crippen molar-refractivity contribution in [3.05, 3.63) is 94.0 Å². The minimum Gasteiger partial charge on any atom is -0.206 e. The highest BCUT2D eigenvalue weighted by molar-refractivity contribution is 6.30. The van der Waals surface area contributed by atoms with Gasteiger partial charge in [-0.05, 0) is 103 Å². The number of aryl methyl sites for hydroxylation is 2. The van der Waals surface area contributed by atoms with Gasteiger partial charge in [-0.1, -0.05) is 61.3 Å². The van der Waals surface area contributed by atoms with Crippen molar-refractivity contribution in [1.29, 1.82) is 0 Å². The third-order valence-corrected chi connectivity index (χ3v) is 7.16. The Morgan fingerprint density at radius 2 is 1.41 bits per heavy atom. The Hall–Kier alpha value is -2.19. The van der Waals surface area contributed by atoms with Crippen molar-refractivity contribution in [1.82, 2.24) is 0 Å². The van der Waals surface area contributed by atoms with Crippen molar-refractivity contribution in [3.63, 3.8) is 0 Å². The standard InChI is InChI=1S/C29H31ClF2/c1-2-3-20-6-10-23(11-7-20)24-12-8-21(9-13-24)4-5-22-18-27(31)29(28(32)19-22)25-14-16-26(30)17-15-25/h6-7,10-11,14-19,21,24H,2-5,8-9,12-13H2,1H3. The maximum atomic E-state index is 14.7. The van der Waals surface area contributed by atoms with E-state index in [0.29, 0.717) is 22.4 Å². The lowest BCUT2D eigenvalue weighted by Crippen LogP contribution is -2.14. The first-order valence-electron chi connectivity index (χ1n) is 11.9. The van der Waals surface area contributed by atoms with Crippen molar-refractivity contribution < 1.29 is 8.78 Å². The summed E-state index contributed by atoms with van der Waals surface area (Å²) in [5.41, 5.74) is 4.16. The van der Waals surface area contributed by atoms with E-state index in [4.69, 9.17) is 11.6 Å². The molecule has 0 radical (unpaired) electrons. The van der Waals surface area contributed by atoms with Gasteiger partial charge in [-0.2, -0.15) is 0 Å². The fourth-order valence-corrected chi connectivity index (χ4v) is 5.19. The van der Waals surface area contributed by atoms with Crippen LogP contribution in [0.1, 0.15) is 68.1 Å². The number of hydrogen-bond acceptors (Lipinski definition) is 0. The molecule has 0 aliphatic heterocycles. The van der Waals surface area contributed by atoms with Crippen LogP contribution in [0.25, 0.3) is 11.1 Å². The molecule has 3 aromatic carbocycles. The maximum absolute atomic E-state index is 14.7. The zero-order valence-corrected chi connectivity index (χ0v) is 19.5. The van der Waals surface area contributed by atoms with Crippen molar-refractivity contribution >= 4 is 11.6 Å². The Labute approximate surface area is 195 Å². The second-order valence-corrected chi connectivity index (χ2v) is 9.63. The van der Waals surface area contributed by atoms with Crippen LogP contribution in [0.5, 0.6) is 0 Å². The Bertz CT molecular complexity index is 993. The van der Waals surface area contributed by atoms with E-state index < -0.39 is 11.6 Å². The highest BCUT2D eigenvalue weighted by atomic mass is 35.5. The zero-order valence-electron chi connectivity index (χ0n) is 18.7. The molecule has 0 bridgehead atoms. The molecule has 0 N–H and O–H groups in total. The van der Waals surface area contributed by atoms with Crippen LogP contribution in [0, 0.1) is 17.6 Å². The normalized spacial score (nSPS) is 18.6. The van der Waals surface area contributed by atoms with E-state index >= 15 is 0 Å². The summed E-state index contributed by atoms with van der Waals surface area (Å²) in [4.78, 5) is 0. The third-order valence-electron chi connectivity index (χ3n) is 6.91. The Kier molecular flexibility index (Phi) is 7.63. The molecule has 0 atom stereocenters. The smallest absolute Gasteiger partial charge is 0.134 e. The number of halogens is 3. The SMILES string of the molecule is CCCc1ccc(C2CCC(CCc3cc(F)c(-c4ccc(Cl)cc4)c(F)c3)CC2)cc1. The molecule has 0 heterocycles. The summed E-state index contributed by atoms with van der Waals surface area (Å²) in [6, 6.07) is 18.8. The summed E-state index contributed by atoms with van der Waals surface area (Å²) < 4.78 is 29.4. The molecule has 0 saturated heterocycles. The lowest BCUT2D eigenvalue weighted by atomic mass is 9.76. The molecule has 168 valence electrons. The van der Waals surface area contributed by atoms with E-state index in [1.54, 1.807) is 24.3 Å². The number of rotatable bonds is 7. The van der Waals surface area contributed by atoms with Gasteiger partial charge >= 0.3 is 0 Å². The molecular formula is C29H31ClF2. The molecule has 0 unspecified atom stereocenters. The summed E-state index contributed by atoms with van der Waals surface area (Å²) in [6.45, 7) is 2.21. The van der Waals surface area contributed by atoms with E-state index in [1.807, 2.05) is 0 Å². The van der Waals surface area contributed by atoms with Crippen LogP contribution in [0.4, 0.5) is 8.78 Å².